The molecule has 0 spiro atoms. The minimum atomic E-state index is -3.40. The fraction of sp³-hybridized carbons (Fsp3) is 0.292. The Labute approximate surface area is 188 Å². The average Bonchev–Trinajstić information content (AvgIpc) is 3.14. The molecule has 0 unspecified atom stereocenters. The van der Waals surface area contributed by atoms with Crippen molar-refractivity contribution in [3.63, 3.8) is 0 Å². The van der Waals surface area contributed by atoms with E-state index in [9.17, 15) is 17.6 Å². The highest BCUT2D eigenvalue weighted by Gasteiger charge is 2.19. The Morgan fingerprint density at radius 2 is 1.78 bits per heavy atom. The van der Waals surface area contributed by atoms with Gasteiger partial charge >= 0.3 is 6.03 Å². The summed E-state index contributed by atoms with van der Waals surface area (Å²) in [6.07, 6.45) is 4.38. The number of halogens is 1. The molecule has 8 heteroatoms. The second kappa shape index (κ2) is 9.56. The highest BCUT2D eigenvalue weighted by molar-refractivity contribution is 7.90. The molecule has 0 bridgehead atoms. The summed E-state index contributed by atoms with van der Waals surface area (Å²) in [6.45, 7) is 4.90. The van der Waals surface area contributed by atoms with Crippen molar-refractivity contribution in [3.05, 3.63) is 71.7 Å². The van der Waals surface area contributed by atoms with Gasteiger partial charge in [-0.3, -0.25) is 0 Å². The predicted molar refractivity (Wildman–Crippen MR) is 124 cm³/mol. The quantitative estimate of drug-likeness (QED) is 0.546. The number of nitrogens with zero attached hydrogens (tertiary/aromatic N) is 2. The van der Waals surface area contributed by atoms with E-state index in [4.69, 9.17) is 5.73 Å². The summed E-state index contributed by atoms with van der Waals surface area (Å²) >= 11 is 0. The number of carbonyl (C=O) groups excluding carboxylic acids is 1. The Morgan fingerprint density at radius 3 is 2.38 bits per heavy atom. The highest BCUT2D eigenvalue weighted by atomic mass is 32.2. The van der Waals surface area contributed by atoms with Crippen LogP contribution in [0.15, 0.2) is 59.6 Å². The lowest BCUT2D eigenvalue weighted by molar-refractivity contribution is 0.208. The third-order valence-electron chi connectivity index (χ3n) is 5.42. The first-order valence-corrected chi connectivity index (χ1v) is 12.3. The minimum absolute atomic E-state index is 0.223. The van der Waals surface area contributed by atoms with Gasteiger partial charge < -0.3 is 15.2 Å². The number of hydrogen-bond donors (Lipinski definition) is 1. The minimum Gasteiger partial charge on any atom is -0.351 e. The molecule has 0 atom stereocenters. The number of urea groups is 1. The summed E-state index contributed by atoms with van der Waals surface area (Å²) in [4.78, 5) is 13.6. The summed E-state index contributed by atoms with van der Waals surface area (Å²) in [5.41, 5.74) is 9.67. The monoisotopic (exact) mass is 457 g/mol. The molecule has 0 saturated heterocycles. The van der Waals surface area contributed by atoms with Crippen molar-refractivity contribution < 1.29 is 17.6 Å². The predicted octanol–water partition coefficient (Wildman–Crippen LogP) is 4.33. The number of aromatic nitrogens is 1. The number of primary amides is 1. The summed E-state index contributed by atoms with van der Waals surface area (Å²) in [5, 5.41) is 0. The van der Waals surface area contributed by atoms with Crippen LogP contribution in [0.25, 0.3) is 16.9 Å². The molecule has 0 radical (unpaired) electrons. The fourth-order valence-electron chi connectivity index (χ4n) is 3.74. The van der Waals surface area contributed by atoms with Gasteiger partial charge in [-0.05, 0) is 73.4 Å². The first kappa shape index (κ1) is 23.5. The van der Waals surface area contributed by atoms with E-state index in [0.29, 0.717) is 19.5 Å². The lowest BCUT2D eigenvalue weighted by Crippen LogP contribution is -2.37. The molecule has 0 aliphatic rings. The summed E-state index contributed by atoms with van der Waals surface area (Å²) in [5.74, 6) is -0.338. The Balaban J connectivity index is 2.14. The zero-order valence-electron chi connectivity index (χ0n) is 18.5. The van der Waals surface area contributed by atoms with Gasteiger partial charge in [0.2, 0.25) is 0 Å². The van der Waals surface area contributed by atoms with Crippen molar-refractivity contribution in [2.45, 2.75) is 31.6 Å². The van der Waals surface area contributed by atoms with E-state index in [0.717, 1.165) is 34.5 Å². The third kappa shape index (κ3) is 5.19. The summed E-state index contributed by atoms with van der Waals surface area (Å²) < 4.78 is 39.8. The summed E-state index contributed by atoms with van der Waals surface area (Å²) in [7, 11) is -3.40. The molecule has 2 N–H and O–H groups in total. The number of carbonyl (C=O) groups is 1. The van der Waals surface area contributed by atoms with Crippen LogP contribution in [0.5, 0.6) is 0 Å². The van der Waals surface area contributed by atoms with Crippen LogP contribution in [-0.4, -0.2) is 43.3 Å². The normalized spacial score (nSPS) is 11.5. The van der Waals surface area contributed by atoms with E-state index in [1.54, 1.807) is 35.2 Å². The standard InChI is InChI=1S/C24H28FN3O3S/c1-4-13-27(24(26)29)14-11-18-12-15-28(20-8-6-19(25)7-9-20)23(18)22-16-21(32(3,30)31)10-5-17(22)2/h5-10,12,15-16H,4,11,13-14H2,1-3H3,(H2,26,29). The van der Waals surface area contributed by atoms with Gasteiger partial charge in [0.05, 0.1) is 10.6 Å². The molecule has 2 amide bonds. The number of hydrogen-bond acceptors (Lipinski definition) is 3. The topological polar surface area (TPSA) is 85.4 Å². The van der Waals surface area contributed by atoms with Crippen LogP contribution in [0.2, 0.25) is 0 Å². The van der Waals surface area contributed by atoms with Gasteiger partial charge in [0.1, 0.15) is 5.82 Å². The van der Waals surface area contributed by atoms with Crippen LogP contribution >= 0.6 is 0 Å². The van der Waals surface area contributed by atoms with E-state index in [2.05, 4.69) is 0 Å². The second-order valence-corrected chi connectivity index (χ2v) is 9.88. The van der Waals surface area contributed by atoms with Gasteiger partial charge in [-0.15, -0.1) is 0 Å². The maximum atomic E-state index is 13.5. The van der Waals surface area contributed by atoms with Gasteiger partial charge in [-0.25, -0.2) is 17.6 Å². The Bertz CT molecular complexity index is 1220. The third-order valence-corrected chi connectivity index (χ3v) is 6.53. The number of benzene rings is 2. The Kier molecular flexibility index (Phi) is 7.03. The number of amides is 2. The fourth-order valence-corrected chi connectivity index (χ4v) is 4.39. The molecule has 0 fully saturated rings. The van der Waals surface area contributed by atoms with E-state index in [-0.39, 0.29) is 10.7 Å². The Morgan fingerprint density at radius 1 is 1.09 bits per heavy atom. The molecule has 170 valence electrons. The zero-order chi connectivity index (χ0) is 23.5. The molecule has 0 saturated carbocycles. The second-order valence-electron chi connectivity index (χ2n) is 7.86. The molecular weight excluding hydrogens is 429 g/mol. The van der Waals surface area contributed by atoms with Gasteiger partial charge in [-0.1, -0.05) is 13.0 Å². The molecule has 32 heavy (non-hydrogen) atoms. The van der Waals surface area contributed by atoms with Crippen LogP contribution < -0.4 is 5.73 Å². The van der Waals surface area contributed by atoms with Gasteiger partial charge in [0.25, 0.3) is 0 Å². The van der Waals surface area contributed by atoms with Crippen molar-refractivity contribution >= 4 is 15.9 Å². The lowest BCUT2D eigenvalue weighted by atomic mass is 10.0. The van der Waals surface area contributed by atoms with Crippen molar-refractivity contribution in [1.29, 1.82) is 0 Å². The maximum Gasteiger partial charge on any atom is 0.314 e. The first-order valence-electron chi connectivity index (χ1n) is 10.4. The number of rotatable bonds is 8. The SMILES string of the molecule is CCCN(CCc1ccn(-c2ccc(F)cc2)c1-c1cc(S(C)(=O)=O)ccc1C)C(N)=O. The maximum absolute atomic E-state index is 13.5. The lowest BCUT2D eigenvalue weighted by Gasteiger charge is -2.20. The average molecular weight is 458 g/mol. The highest BCUT2D eigenvalue weighted by Crippen LogP contribution is 2.33. The molecular formula is C24H28FN3O3S. The van der Waals surface area contributed by atoms with E-state index in [1.165, 1.54) is 18.4 Å². The van der Waals surface area contributed by atoms with Crippen molar-refractivity contribution in [3.8, 4) is 16.9 Å². The number of sulfone groups is 1. The largest absolute Gasteiger partial charge is 0.351 e. The Hall–Kier alpha value is -3.13. The number of nitrogens with two attached hydrogens (primary N) is 1. The van der Waals surface area contributed by atoms with Crippen LogP contribution in [0.3, 0.4) is 0 Å². The van der Waals surface area contributed by atoms with Crippen LogP contribution in [-0.2, 0) is 16.3 Å². The van der Waals surface area contributed by atoms with Crippen LogP contribution in [0.4, 0.5) is 9.18 Å². The molecule has 0 aliphatic heterocycles. The van der Waals surface area contributed by atoms with Crippen molar-refractivity contribution in [2.24, 2.45) is 5.73 Å². The van der Waals surface area contributed by atoms with E-state index in [1.807, 2.05) is 30.7 Å². The molecule has 3 aromatic rings. The van der Waals surface area contributed by atoms with E-state index >= 15 is 0 Å². The first-order chi connectivity index (χ1) is 15.1. The van der Waals surface area contributed by atoms with Crippen LogP contribution in [0.1, 0.15) is 24.5 Å². The van der Waals surface area contributed by atoms with Gasteiger partial charge in [-0.2, -0.15) is 0 Å². The van der Waals surface area contributed by atoms with E-state index < -0.39 is 15.9 Å². The molecule has 3 rings (SSSR count). The zero-order valence-corrected chi connectivity index (χ0v) is 19.3. The van der Waals surface area contributed by atoms with Crippen molar-refractivity contribution in [2.75, 3.05) is 19.3 Å². The molecule has 1 heterocycles. The molecule has 1 aromatic heterocycles. The van der Waals surface area contributed by atoms with Crippen LogP contribution in [0, 0.1) is 12.7 Å². The van der Waals surface area contributed by atoms with Gasteiger partial charge in [0.15, 0.2) is 9.84 Å². The van der Waals surface area contributed by atoms with Gasteiger partial charge in [0, 0.05) is 36.8 Å². The smallest absolute Gasteiger partial charge is 0.314 e. The molecule has 2 aromatic carbocycles. The van der Waals surface area contributed by atoms with Crippen molar-refractivity contribution in [1.82, 2.24) is 9.47 Å². The molecule has 6 nitrogen and oxygen atoms in total. The number of aryl methyl sites for hydroxylation is 1. The molecule has 0 aliphatic carbocycles. The summed E-state index contributed by atoms with van der Waals surface area (Å²) in [6, 6.07) is 12.6.